The Kier molecular flexibility index (Phi) is 1.76. The standard InChI is InChI=1S/C12H18O/c13-12-7-5-8-4-6-11(12)10-3-1-2-9(8)10/h4,6,8-13H,1-3,5,7H2. The summed E-state index contributed by atoms with van der Waals surface area (Å²) in [7, 11) is 0. The largest absolute Gasteiger partial charge is 0.393 e. The van der Waals surface area contributed by atoms with Gasteiger partial charge in [-0.25, -0.2) is 0 Å². The summed E-state index contributed by atoms with van der Waals surface area (Å²) < 4.78 is 0. The van der Waals surface area contributed by atoms with Gasteiger partial charge in [0.15, 0.2) is 0 Å². The number of hydrogen-bond donors (Lipinski definition) is 1. The lowest BCUT2D eigenvalue weighted by molar-refractivity contribution is 0.0910. The molecule has 0 aromatic carbocycles. The highest BCUT2D eigenvalue weighted by molar-refractivity contribution is 5.11. The van der Waals surface area contributed by atoms with E-state index in [1.54, 1.807) is 0 Å². The Morgan fingerprint density at radius 1 is 0.923 bits per heavy atom. The number of aliphatic hydroxyl groups excluding tert-OH is 1. The molecule has 0 amide bonds. The molecule has 0 aromatic rings. The topological polar surface area (TPSA) is 20.2 Å². The van der Waals surface area contributed by atoms with E-state index in [4.69, 9.17) is 0 Å². The van der Waals surface area contributed by atoms with E-state index in [0.29, 0.717) is 5.92 Å². The Hall–Kier alpha value is -0.300. The zero-order chi connectivity index (χ0) is 8.84. The first kappa shape index (κ1) is 8.05. The second kappa shape index (κ2) is 2.84. The minimum atomic E-state index is -0.0330. The van der Waals surface area contributed by atoms with E-state index in [2.05, 4.69) is 12.2 Å². The summed E-state index contributed by atoms with van der Waals surface area (Å²) in [4.78, 5) is 0. The zero-order valence-corrected chi connectivity index (χ0v) is 8.02. The highest BCUT2D eigenvalue weighted by atomic mass is 16.3. The second-order valence-corrected chi connectivity index (χ2v) is 5.03. The van der Waals surface area contributed by atoms with Crippen molar-refractivity contribution < 1.29 is 5.11 Å². The van der Waals surface area contributed by atoms with Gasteiger partial charge < -0.3 is 5.11 Å². The molecule has 0 aliphatic heterocycles. The van der Waals surface area contributed by atoms with E-state index >= 15 is 0 Å². The minimum Gasteiger partial charge on any atom is -0.393 e. The molecular formula is C12H18O. The first-order valence-corrected chi connectivity index (χ1v) is 5.72. The van der Waals surface area contributed by atoms with Crippen molar-refractivity contribution in [2.45, 2.75) is 38.2 Å². The fourth-order valence-corrected chi connectivity index (χ4v) is 3.86. The summed E-state index contributed by atoms with van der Waals surface area (Å²) in [5.74, 6) is 3.06. The van der Waals surface area contributed by atoms with Crippen LogP contribution >= 0.6 is 0 Å². The van der Waals surface area contributed by atoms with Crippen LogP contribution in [0.2, 0.25) is 0 Å². The maximum atomic E-state index is 9.97. The number of aliphatic hydroxyl groups is 1. The molecule has 1 nitrogen and oxygen atoms in total. The summed E-state index contributed by atoms with van der Waals surface area (Å²) in [6.07, 6.45) is 11.1. The summed E-state index contributed by atoms with van der Waals surface area (Å²) in [6.45, 7) is 0. The van der Waals surface area contributed by atoms with Gasteiger partial charge in [0.25, 0.3) is 0 Å². The van der Waals surface area contributed by atoms with Crippen LogP contribution in [0.1, 0.15) is 32.1 Å². The molecule has 2 bridgehead atoms. The van der Waals surface area contributed by atoms with Crippen molar-refractivity contribution in [2.24, 2.45) is 23.7 Å². The van der Waals surface area contributed by atoms with Gasteiger partial charge in [-0.15, -0.1) is 0 Å². The normalized spacial score (nSPS) is 53.5. The molecule has 0 aromatic heterocycles. The molecule has 4 rings (SSSR count). The highest BCUT2D eigenvalue weighted by Crippen LogP contribution is 2.50. The van der Waals surface area contributed by atoms with Crippen molar-refractivity contribution >= 4 is 0 Å². The van der Waals surface area contributed by atoms with Gasteiger partial charge in [0.1, 0.15) is 0 Å². The summed E-state index contributed by atoms with van der Waals surface area (Å²) in [6, 6.07) is 0. The molecule has 5 unspecified atom stereocenters. The monoisotopic (exact) mass is 178 g/mol. The van der Waals surface area contributed by atoms with E-state index < -0.39 is 0 Å². The Morgan fingerprint density at radius 3 is 2.69 bits per heavy atom. The van der Waals surface area contributed by atoms with Crippen LogP contribution in [0, 0.1) is 23.7 Å². The average Bonchev–Trinajstić information content (AvgIpc) is 2.52. The molecule has 1 N–H and O–H groups in total. The Balaban J connectivity index is 1.96. The maximum Gasteiger partial charge on any atom is 0.0605 e. The van der Waals surface area contributed by atoms with Crippen molar-refractivity contribution in [3.8, 4) is 0 Å². The lowest BCUT2D eigenvalue weighted by Gasteiger charge is -2.32. The molecule has 0 heterocycles. The van der Waals surface area contributed by atoms with Crippen LogP contribution in [-0.4, -0.2) is 11.2 Å². The van der Waals surface area contributed by atoms with Gasteiger partial charge in [0, 0.05) is 5.92 Å². The van der Waals surface area contributed by atoms with Crippen molar-refractivity contribution in [2.75, 3.05) is 0 Å². The molecule has 1 heteroatoms. The van der Waals surface area contributed by atoms with E-state index in [0.717, 1.165) is 24.2 Å². The average molecular weight is 178 g/mol. The Labute approximate surface area is 79.8 Å². The van der Waals surface area contributed by atoms with Crippen LogP contribution in [0.5, 0.6) is 0 Å². The van der Waals surface area contributed by atoms with Crippen LogP contribution in [0.3, 0.4) is 0 Å². The predicted molar refractivity (Wildman–Crippen MR) is 52.2 cm³/mol. The fourth-order valence-electron chi connectivity index (χ4n) is 3.86. The molecule has 5 atom stereocenters. The molecule has 4 aliphatic rings. The second-order valence-electron chi connectivity index (χ2n) is 5.03. The zero-order valence-electron chi connectivity index (χ0n) is 8.02. The first-order valence-electron chi connectivity index (χ1n) is 5.72. The van der Waals surface area contributed by atoms with Gasteiger partial charge in [-0.2, -0.15) is 0 Å². The molecule has 0 spiro atoms. The molecule has 0 saturated heterocycles. The smallest absolute Gasteiger partial charge is 0.0605 e. The van der Waals surface area contributed by atoms with Crippen LogP contribution in [0.25, 0.3) is 0 Å². The van der Waals surface area contributed by atoms with Crippen molar-refractivity contribution in [1.82, 2.24) is 0 Å². The van der Waals surface area contributed by atoms with Crippen LogP contribution in [-0.2, 0) is 0 Å². The molecular weight excluding hydrogens is 160 g/mol. The van der Waals surface area contributed by atoms with Gasteiger partial charge in [0.05, 0.1) is 6.10 Å². The fraction of sp³-hybridized carbons (Fsp3) is 0.833. The quantitative estimate of drug-likeness (QED) is 0.565. The SMILES string of the molecule is OC1CCC2C=CC1C1CCCC21. The number of fused-ring (bicyclic) bond motifs is 2. The summed E-state index contributed by atoms with van der Waals surface area (Å²) in [5, 5.41) is 9.97. The lowest BCUT2D eigenvalue weighted by atomic mass is 9.73. The molecule has 13 heavy (non-hydrogen) atoms. The third kappa shape index (κ3) is 1.10. The Bertz CT molecular complexity index is 233. The third-order valence-corrected chi connectivity index (χ3v) is 4.49. The lowest BCUT2D eigenvalue weighted by Crippen LogP contribution is -2.29. The third-order valence-electron chi connectivity index (χ3n) is 4.49. The van der Waals surface area contributed by atoms with E-state index in [-0.39, 0.29) is 6.10 Å². The summed E-state index contributed by atoms with van der Waals surface area (Å²) in [5.41, 5.74) is 0. The van der Waals surface area contributed by atoms with Gasteiger partial charge in [-0.05, 0) is 43.4 Å². The molecule has 2 fully saturated rings. The molecule has 4 aliphatic carbocycles. The van der Waals surface area contributed by atoms with Crippen LogP contribution < -0.4 is 0 Å². The van der Waals surface area contributed by atoms with E-state index in [1.807, 2.05) is 0 Å². The molecule has 2 saturated carbocycles. The first-order chi connectivity index (χ1) is 6.36. The number of hydrogen-bond acceptors (Lipinski definition) is 1. The highest BCUT2D eigenvalue weighted by Gasteiger charge is 2.44. The van der Waals surface area contributed by atoms with Gasteiger partial charge in [-0.1, -0.05) is 18.6 Å². The predicted octanol–water partition coefficient (Wildman–Crippen LogP) is 2.36. The van der Waals surface area contributed by atoms with Gasteiger partial charge in [-0.3, -0.25) is 0 Å². The van der Waals surface area contributed by atoms with Crippen LogP contribution in [0.4, 0.5) is 0 Å². The maximum absolute atomic E-state index is 9.97. The van der Waals surface area contributed by atoms with Crippen molar-refractivity contribution in [1.29, 1.82) is 0 Å². The number of rotatable bonds is 0. The van der Waals surface area contributed by atoms with E-state index in [9.17, 15) is 5.11 Å². The van der Waals surface area contributed by atoms with Crippen molar-refractivity contribution in [3.63, 3.8) is 0 Å². The Morgan fingerprint density at radius 2 is 1.77 bits per heavy atom. The van der Waals surface area contributed by atoms with Gasteiger partial charge in [0.2, 0.25) is 0 Å². The molecule has 72 valence electrons. The van der Waals surface area contributed by atoms with E-state index in [1.165, 1.54) is 25.7 Å². The minimum absolute atomic E-state index is 0.0330. The van der Waals surface area contributed by atoms with Gasteiger partial charge >= 0.3 is 0 Å². The number of allylic oxidation sites excluding steroid dienone is 1. The van der Waals surface area contributed by atoms with Crippen molar-refractivity contribution in [3.05, 3.63) is 12.2 Å². The molecule has 0 radical (unpaired) electrons. The summed E-state index contributed by atoms with van der Waals surface area (Å²) >= 11 is 0. The van der Waals surface area contributed by atoms with Crippen LogP contribution in [0.15, 0.2) is 12.2 Å².